The zero-order chi connectivity index (χ0) is 13.0. The third-order valence-electron chi connectivity index (χ3n) is 3.95. The zero-order valence-electron chi connectivity index (χ0n) is 11.9. The van der Waals surface area contributed by atoms with Crippen LogP contribution in [0.2, 0.25) is 0 Å². The second-order valence-corrected chi connectivity index (χ2v) is 5.43. The topological polar surface area (TPSA) is 42.9 Å². The van der Waals surface area contributed by atoms with E-state index >= 15 is 0 Å². The van der Waals surface area contributed by atoms with E-state index in [-0.39, 0.29) is 0 Å². The van der Waals surface area contributed by atoms with Crippen LogP contribution in [0.4, 0.5) is 0 Å². The van der Waals surface area contributed by atoms with E-state index in [2.05, 4.69) is 46.2 Å². The van der Waals surface area contributed by atoms with Gasteiger partial charge < -0.3 is 15.5 Å². The average Bonchev–Trinajstić information content (AvgIpc) is 2.82. The zero-order valence-corrected chi connectivity index (χ0v) is 11.9. The summed E-state index contributed by atoms with van der Waals surface area (Å²) < 4.78 is 0. The van der Waals surface area contributed by atoms with Gasteiger partial charge in [0.2, 0.25) is 0 Å². The summed E-state index contributed by atoms with van der Waals surface area (Å²) in [4.78, 5) is 9.51. The van der Waals surface area contributed by atoms with Crippen molar-refractivity contribution in [1.29, 1.82) is 0 Å². The molecule has 2 rings (SSSR count). The van der Waals surface area contributed by atoms with Gasteiger partial charge in [-0.05, 0) is 20.4 Å². The van der Waals surface area contributed by atoms with Crippen LogP contribution in [0.3, 0.4) is 0 Å². The minimum atomic E-state index is 0.482. The quantitative estimate of drug-likeness (QED) is 0.737. The van der Waals surface area contributed by atoms with Crippen molar-refractivity contribution in [2.24, 2.45) is 4.99 Å². The fraction of sp³-hybridized carbons (Fsp3) is 0.923. The highest BCUT2D eigenvalue weighted by atomic mass is 15.3. The molecule has 0 aromatic heterocycles. The first-order chi connectivity index (χ1) is 8.69. The Balaban J connectivity index is 1.67. The van der Waals surface area contributed by atoms with Gasteiger partial charge in [-0.2, -0.15) is 0 Å². The minimum absolute atomic E-state index is 0.482. The average molecular weight is 253 g/mol. The standard InChI is InChI=1S/C13H27N5/c1-4-17-5-7-18(8-6-17)12(3)10-15-13-14-9-11(2)16-13/h11-12H,4-10H2,1-3H3,(H2,14,15,16). The summed E-state index contributed by atoms with van der Waals surface area (Å²) in [5.74, 6) is 0.974. The fourth-order valence-corrected chi connectivity index (χ4v) is 2.55. The number of aliphatic imine (C=N–C) groups is 1. The fourth-order valence-electron chi connectivity index (χ4n) is 2.55. The Bertz CT molecular complexity index is 283. The highest BCUT2D eigenvalue weighted by Gasteiger charge is 2.20. The molecule has 104 valence electrons. The Morgan fingerprint density at radius 3 is 2.67 bits per heavy atom. The smallest absolute Gasteiger partial charge is 0.191 e. The van der Waals surface area contributed by atoms with Crippen molar-refractivity contribution < 1.29 is 0 Å². The third kappa shape index (κ3) is 3.59. The van der Waals surface area contributed by atoms with Crippen LogP contribution >= 0.6 is 0 Å². The van der Waals surface area contributed by atoms with E-state index in [0.717, 1.165) is 19.0 Å². The molecule has 2 aliphatic heterocycles. The van der Waals surface area contributed by atoms with Crippen LogP contribution in [-0.2, 0) is 0 Å². The van der Waals surface area contributed by atoms with Gasteiger partial charge in [0.25, 0.3) is 0 Å². The van der Waals surface area contributed by atoms with Crippen molar-refractivity contribution in [3.05, 3.63) is 0 Å². The van der Waals surface area contributed by atoms with Crippen molar-refractivity contribution in [2.45, 2.75) is 32.9 Å². The number of nitrogens with one attached hydrogen (secondary N) is 2. The summed E-state index contributed by atoms with van der Waals surface area (Å²) in [5, 5.41) is 6.76. The largest absolute Gasteiger partial charge is 0.355 e. The van der Waals surface area contributed by atoms with Crippen molar-refractivity contribution in [3.8, 4) is 0 Å². The summed E-state index contributed by atoms with van der Waals surface area (Å²) >= 11 is 0. The number of guanidine groups is 1. The molecule has 2 aliphatic rings. The lowest BCUT2D eigenvalue weighted by molar-refractivity contribution is 0.107. The first kappa shape index (κ1) is 13.6. The molecule has 0 spiro atoms. The van der Waals surface area contributed by atoms with Crippen LogP contribution in [0, 0.1) is 0 Å². The molecule has 5 nitrogen and oxygen atoms in total. The normalized spacial score (nSPS) is 27.7. The third-order valence-corrected chi connectivity index (χ3v) is 3.95. The van der Waals surface area contributed by atoms with E-state index in [1.807, 2.05) is 0 Å². The van der Waals surface area contributed by atoms with Gasteiger partial charge >= 0.3 is 0 Å². The molecule has 2 unspecified atom stereocenters. The highest BCUT2D eigenvalue weighted by Crippen LogP contribution is 2.05. The van der Waals surface area contributed by atoms with Crippen molar-refractivity contribution in [2.75, 3.05) is 45.8 Å². The van der Waals surface area contributed by atoms with Gasteiger partial charge in [-0.25, -0.2) is 0 Å². The molecule has 0 radical (unpaired) electrons. The molecule has 2 heterocycles. The predicted molar refractivity (Wildman–Crippen MR) is 76.1 cm³/mol. The Hall–Kier alpha value is -0.810. The number of likely N-dealkylation sites (N-methyl/N-ethyl adjacent to an activating group) is 1. The van der Waals surface area contributed by atoms with Crippen LogP contribution < -0.4 is 10.6 Å². The van der Waals surface area contributed by atoms with Gasteiger partial charge in [0.1, 0.15) is 0 Å². The molecule has 0 aliphatic carbocycles. The molecule has 2 atom stereocenters. The first-order valence-electron chi connectivity index (χ1n) is 7.20. The van der Waals surface area contributed by atoms with E-state index in [4.69, 9.17) is 0 Å². The van der Waals surface area contributed by atoms with Gasteiger partial charge in [-0.15, -0.1) is 0 Å². The SMILES string of the molecule is CCN1CCN(C(C)CNC2=NCC(C)N2)CC1. The van der Waals surface area contributed by atoms with Gasteiger partial charge in [0.05, 0.1) is 6.54 Å². The molecule has 0 saturated carbocycles. The molecule has 5 heteroatoms. The molecular formula is C13H27N5. The monoisotopic (exact) mass is 253 g/mol. The van der Waals surface area contributed by atoms with Gasteiger partial charge in [0.15, 0.2) is 5.96 Å². The number of hydrogen-bond donors (Lipinski definition) is 2. The van der Waals surface area contributed by atoms with E-state index in [1.54, 1.807) is 0 Å². The summed E-state index contributed by atoms with van der Waals surface area (Å²) in [6, 6.07) is 1.06. The molecule has 0 bridgehead atoms. The molecule has 1 saturated heterocycles. The Labute approximate surface area is 111 Å². The van der Waals surface area contributed by atoms with E-state index in [1.165, 1.54) is 32.7 Å². The Morgan fingerprint density at radius 2 is 2.11 bits per heavy atom. The summed E-state index contributed by atoms with van der Waals surface area (Å²) in [5.41, 5.74) is 0. The van der Waals surface area contributed by atoms with Crippen molar-refractivity contribution >= 4 is 5.96 Å². The van der Waals surface area contributed by atoms with Crippen LogP contribution in [-0.4, -0.2) is 73.7 Å². The minimum Gasteiger partial charge on any atom is -0.355 e. The lowest BCUT2D eigenvalue weighted by Crippen LogP contribution is -2.53. The number of piperazine rings is 1. The highest BCUT2D eigenvalue weighted by molar-refractivity contribution is 5.81. The molecular weight excluding hydrogens is 226 g/mol. The molecule has 18 heavy (non-hydrogen) atoms. The van der Waals surface area contributed by atoms with Gasteiger partial charge in [-0.3, -0.25) is 9.89 Å². The van der Waals surface area contributed by atoms with Crippen LogP contribution in [0.25, 0.3) is 0 Å². The Kier molecular flexibility index (Phi) is 4.83. The maximum absolute atomic E-state index is 4.43. The molecule has 0 aromatic rings. The van der Waals surface area contributed by atoms with Crippen molar-refractivity contribution in [3.63, 3.8) is 0 Å². The van der Waals surface area contributed by atoms with Crippen LogP contribution in [0.1, 0.15) is 20.8 Å². The van der Waals surface area contributed by atoms with E-state index in [0.29, 0.717) is 12.1 Å². The number of hydrogen-bond acceptors (Lipinski definition) is 5. The lowest BCUT2D eigenvalue weighted by atomic mass is 10.2. The molecule has 0 aromatic carbocycles. The molecule has 1 fully saturated rings. The maximum Gasteiger partial charge on any atom is 0.191 e. The van der Waals surface area contributed by atoms with Crippen LogP contribution in [0.15, 0.2) is 4.99 Å². The van der Waals surface area contributed by atoms with Gasteiger partial charge in [-0.1, -0.05) is 6.92 Å². The number of rotatable bonds is 4. The maximum atomic E-state index is 4.43. The van der Waals surface area contributed by atoms with Gasteiger partial charge in [0, 0.05) is 44.8 Å². The molecule has 0 amide bonds. The number of nitrogens with zero attached hydrogens (tertiary/aromatic N) is 3. The second kappa shape index (κ2) is 6.38. The van der Waals surface area contributed by atoms with Crippen molar-refractivity contribution in [1.82, 2.24) is 20.4 Å². The summed E-state index contributed by atoms with van der Waals surface area (Å²) in [6.07, 6.45) is 0. The van der Waals surface area contributed by atoms with E-state index < -0.39 is 0 Å². The predicted octanol–water partition coefficient (Wildman–Crippen LogP) is -0.0503. The van der Waals surface area contributed by atoms with Crippen LogP contribution in [0.5, 0.6) is 0 Å². The first-order valence-corrected chi connectivity index (χ1v) is 7.20. The Morgan fingerprint density at radius 1 is 1.39 bits per heavy atom. The second-order valence-electron chi connectivity index (χ2n) is 5.43. The van der Waals surface area contributed by atoms with E-state index in [9.17, 15) is 0 Å². The molecule has 2 N–H and O–H groups in total. The lowest BCUT2D eigenvalue weighted by Gasteiger charge is -2.37. The summed E-state index contributed by atoms with van der Waals surface area (Å²) in [6.45, 7) is 14.5. The summed E-state index contributed by atoms with van der Waals surface area (Å²) in [7, 11) is 0.